The van der Waals surface area contributed by atoms with Crippen LogP contribution in [0.15, 0.2) is 346 Å². The van der Waals surface area contributed by atoms with Crippen LogP contribution in [0.2, 0.25) is 0 Å². The van der Waals surface area contributed by atoms with Gasteiger partial charge >= 0.3 is 0 Å². The number of hydrogen-bond donors (Lipinski definition) is 0. The summed E-state index contributed by atoms with van der Waals surface area (Å²) < 4.78 is 0. The zero-order valence-corrected chi connectivity index (χ0v) is 77.9. The number of aryl methyl sites for hydroxylation is 2. The van der Waals surface area contributed by atoms with Gasteiger partial charge in [0, 0.05) is 54.6 Å². The zero-order chi connectivity index (χ0) is 89.8. The third-order valence-electron chi connectivity index (χ3n) is 32.5. The standard InChI is InChI=1S/C129H105N3/c1-123(2)106-31-22-21-30-92(106)94-50-37-80(63-108(94)123)82-39-52-96-98-54-41-84(67-112(98)125(5,6)110(96)65-82)86-43-56-100-102-58-45-88(71-116(102)127(9,10)114(100)69-86)90-47-60-104-105-61-48-91(74-119(105)129(13,14)118(104)73-90)89-46-59-103-101-57-44-87(70-115(101)128(11,12)117(103)72-89)85-42-55-99-97-53-40-83(66-111(97)126(7,8)113(99)68-85)81-38-51-95-93-49-34-76(62-107(93)124(3,4)109(95)64-81)25-23-24-75-32-35-79(36-33-75)122-131-120(77-26-17-15-18-27-77)130-121(132-122)78-28-19-16-20-29-78/h15-22,26-74H,23-25H2,1-14H3. The minimum atomic E-state index is -0.211. The lowest BCUT2D eigenvalue weighted by Gasteiger charge is -2.24. The Kier molecular flexibility index (Phi) is 17.2. The smallest absolute Gasteiger partial charge is 0.164 e. The summed E-state index contributed by atoms with van der Waals surface area (Å²) in [5.74, 6) is 2.02. The molecule has 18 aromatic rings. The first-order valence-corrected chi connectivity index (χ1v) is 47.6. The molecule has 0 saturated heterocycles. The fourth-order valence-electron chi connectivity index (χ4n) is 24.7. The molecule has 1 aromatic heterocycles. The van der Waals surface area contributed by atoms with Gasteiger partial charge in [0.2, 0.25) is 0 Å². The van der Waals surface area contributed by atoms with Crippen LogP contribution in [-0.4, -0.2) is 15.0 Å². The fraction of sp³-hybridized carbons (Fsp3) is 0.186. The molecule has 0 radical (unpaired) electrons. The Morgan fingerprint density at radius 2 is 0.311 bits per heavy atom. The van der Waals surface area contributed by atoms with Gasteiger partial charge in [-0.2, -0.15) is 0 Å². The molecule has 25 rings (SSSR count). The molecule has 0 bridgehead atoms. The minimum absolute atomic E-state index is 0.0434. The number of benzene rings is 17. The van der Waals surface area contributed by atoms with Gasteiger partial charge in [-0.15, -0.1) is 0 Å². The van der Waals surface area contributed by atoms with Gasteiger partial charge in [0.1, 0.15) is 0 Å². The Morgan fingerprint density at radius 1 is 0.144 bits per heavy atom. The van der Waals surface area contributed by atoms with Crippen molar-refractivity contribution in [3.8, 4) is 179 Å². The molecule has 132 heavy (non-hydrogen) atoms. The van der Waals surface area contributed by atoms with Gasteiger partial charge in [-0.05, 0) is 326 Å². The number of nitrogens with zero attached hydrogens (tertiary/aromatic N) is 3. The van der Waals surface area contributed by atoms with E-state index >= 15 is 0 Å². The van der Waals surface area contributed by atoms with Gasteiger partial charge in [0.15, 0.2) is 17.5 Å². The Morgan fingerprint density at radius 3 is 0.553 bits per heavy atom. The maximum atomic E-state index is 4.97. The van der Waals surface area contributed by atoms with E-state index in [0.717, 1.165) is 36.0 Å². The summed E-state index contributed by atoms with van der Waals surface area (Å²) in [5.41, 5.74) is 58.0. The predicted molar refractivity (Wildman–Crippen MR) is 550 cm³/mol. The van der Waals surface area contributed by atoms with Crippen molar-refractivity contribution in [3.05, 3.63) is 435 Å². The maximum Gasteiger partial charge on any atom is 0.164 e. The Balaban J connectivity index is 0.425. The lowest BCUT2D eigenvalue weighted by atomic mass is 9.79. The van der Waals surface area contributed by atoms with Gasteiger partial charge < -0.3 is 0 Å². The first-order chi connectivity index (χ1) is 63.6. The van der Waals surface area contributed by atoms with E-state index in [2.05, 4.69) is 406 Å². The van der Waals surface area contributed by atoms with E-state index in [0.29, 0.717) is 17.5 Å². The summed E-state index contributed by atoms with van der Waals surface area (Å²) in [6.45, 7) is 33.9. The summed E-state index contributed by atoms with van der Waals surface area (Å²) in [6, 6.07) is 132. The Hall–Kier alpha value is -14.3. The highest BCUT2D eigenvalue weighted by Crippen LogP contribution is 2.60. The minimum Gasteiger partial charge on any atom is -0.208 e. The second-order valence-corrected chi connectivity index (χ2v) is 42.5. The van der Waals surface area contributed by atoms with Crippen molar-refractivity contribution in [2.45, 2.75) is 154 Å². The van der Waals surface area contributed by atoms with Crippen LogP contribution in [-0.2, 0) is 50.7 Å². The van der Waals surface area contributed by atoms with E-state index in [1.54, 1.807) is 0 Å². The molecule has 0 fully saturated rings. The SMILES string of the molecule is CC1(C)c2ccccc2-c2ccc(-c3ccc4c(c3)C(C)(C)c3cc(-c5ccc6c(c5)C(C)(C)c5cc(-c7ccc8c(c7)C(C)(C)c7cc(-c9ccc%10c(c9)C(C)(C)c9cc(-c%11ccc%12c(c%11)C(C)(C)c%11cc(-c%13ccc%14c(c%13)C(C)(C)c%13cc(CCCc%15ccc(-c%16nc(-c%17ccccc%17)nc(-c%17ccccc%17)n%16)cc%15)ccc%13-%14)ccc%11-%12)ccc9-%10)ccc7-8)ccc5-6)ccc3-4)cc21. The summed E-state index contributed by atoms with van der Waals surface area (Å²) in [4.78, 5) is 14.8. The number of fused-ring (bicyclic) bond motifs is 21. The topological polar surface area (TPSA) is 38.7 Å². The first kappa shape index (κ1) is 79.9. The molecule has 0 aliphatic heterocycles. The first-order valence-electron chi connectivity index (χ1n) is 47.6. The summed E-state index contributed by atoms with van der Waals surface area (Å²) in [7, 11) is 0. The van der Waals surface area contributed by atoms with Gasteiger partial charge in [0.25, 0.3) is 0 Å². The molecule has 7 aliphatic rings. The number of rotatable bonds is 13. The van der Waals surface area contributed by atoms with Crippen molar-refractivity contribution in [3.63, 3.8) is 0 Å². The van der Waals surface area contributed by atoms with E-state index in [1.807, 2.05) is 36.4 Å². The van der Waals surface area contributed by atoms with Crippen LogP contribution < -0.4 is 0 Å². The van der Waals surface area contributed by atoms with Crippen LogP contribution in [0.3, 0.4) is 0 Å². The zero-order valence-electron chi connectivity index (χ0n) is 77.9. The van der Waals surface area contributed by atoms with Crippen molar-refractivity contribution in [2.24, 2.45) is 0 Å². The maximum absolute atomic E-state index is 4.97. The molecule has 7 aliphatic carbocycles. The third kappa shape index (κ3) is 11.9. The summed E-state index contributed by atoms with van der Waals surface area (Å²) in [6.07, 6.45) is 3.05. The van der Waals surface area contributed by atoms with E-state index < -0.39 is 0 Å². The van der Waals surface area contributed by atoms with Crippen molar-refractivity contribution >= 4 is 0 Å². The number of aromatic nitrogens is 3. The van der Waals surface area contributed by atoms with Crippen LogP contribution in [0.25, 0.3) is 179 Å². The van der Waals surface area contributed by atoms with E-state index in [4.69, 9.17) is 15.0 Å². The third-order valence-corrected chi connectivity index (χ3v) is 32.5. The molecule has 0 atom stereocenters. The monoisotopic (exact) mass is 1700 g/mol. The summed E-state index contributed by atoms with van der Waals surface area (Å²) >= 11 is 0. The molecule has 0 unspecified atom stereocenters. The molecule has 1 heterocycles. The molecule has 3 nitrogen and oxygen atoms in total. The van der Waals surface area contributed by atoms with Gasteiger partial charge in [-0.3, -0.25) is 0 Å². The van der Waals surface area contributed by atoms with Gasteiger partial charge in [0.05, 0.1) is 0 Å². The van der Waals surface area contributed by atoms with E-state index in [1.165, 1.54) is 234 Å². The van der Waals surface area contributed by atoms with Crippen LogP contribution in [0.1, 0.15) is 192 Å². The van der Waals surface area contributed by atoms with Crippen molar-refractivity contribution < 1.29 is 0 Å². The van der Waals surface area contributed by atoms with Crippen LogP contribution in [0, 0.1) is 0 Å². The molecule has 17 aromatic carbocycles. The van der Waals surface area contributed by atoms with E-state index in [9.17, 15) is 0 Å². The molecule has 0 amide bonds. The van der Waals surface area contributed by atoms with Crippen LogP contribution in [0.4, 0.5) is 0 Å². The second-order valence-electron chi connectivity index (χ2n) is 42.5. The highest BCUT2D eigenvalue weighted by atomic mass is 15.0. The molecular weight excluding hydrogens is 1590 g/mol. The molecule has 636 valence electrons. The van der Waals surface area contributed by atoms with Gasteiger partial charge in [-0.1, -0.05) is 370 Å². The van der Waals surface area contributed by atoms with Gasteiger partial charge in [-0.25, -0.2) is 15.0 Å². The lowest BCUT2D eigenvalue weighted by Crippen LogP contribution is -2.16. The average Bonchev–Trinajstić information content (AvgIpc) is 1.59. The second kappa shape index (κ2) is 28.4. The predicted octanol–water partition coefficient (Wildman–Crippen LogP) is 33.2. The highest BCUT2D eigenvalue weighted by Gasteiger charge is 2.45. The normalized spacial score (nSPS) is 15.9. The molecule has 3 heteroatoms. The molecule has 0 N–H and O–H groups in total. The fourth-order valence-corrected chi connectivity index (χ4v) is 24.7. The highest BCUT2D eigenvalue weighted by molar-refractivity contribution is 5.95. The molecule has 0 saturated carbocycles. The summed E-state index contributed by atoms with van der Waals surface area (Å²) in [5, 5.41) is 0. The van der Waals surface area contributed by atoms with E-state index in [-0.39, 0.29) is 37.9 Å². The van der Waals surface area contributed by atoms with Crippen molar-refractivity contribution in [1.82, 2.24) is 15.0 Å². The quantitative estimate of drug-likeness (QED) is 0.115. The van der Waals surface area contributed by atoms with Crippen LogP contribution in [0.5, 0.6) is 0 Å². The number of hydrogen-bond acceptors (Lipinski definition) is 3. The van der Waals surface area contributed by atoms with Crippen molar-refractivity contribution in [1.29, 1.82) is 0 Å². The van der Waals surface area contributed by atoms with Crippen LogP contribution >= 0.6 is 0 Å². The largest absolute Gasteiger partial charge is 0.208 e. The average molecular weight is 1700 g/mol. The Labute approximate surface area is 777 Å². The molecule has 0 spiro atoms. The van der Waals surface area contributed by atoms with Crippen molar-refractivity contribution in [2.75, 3.05) is 0 Å². The molecular formula is C129H105N3. The Bertz CT molecular complexity index is 7950. The lowest BCUT2D eigenvalue weighted by molar-refractivity contribution is 0.658.